The van der Waals surface area contributed by atoms with E-state index in [0.29, 0.717) is 5.69 Å². The van der Waals surface area contributed by atoms with Crippen LogP contribution in [0.2, 0.25) is 0 Å². The summed E-state index contributed by atoms with van der Waals surface area (Å²) in [7, 11) is -3.53. The fourth-order valence-electron chi connectivity index (χ4n) is 1.56. The summed E-state index contributed by atoms with van der Waals surface area (Å²) in [5.41, 5.74) is 5.60. The summed E-state index contributed by atoms with van der Waals surface area (Å²) in [4.78, 5) is 15.1. The molecule has 18 heavy (non-hydrogen) atoms. The van der Waals surface area contributed by atoms with Crippen LogP contribution in [0.4, 0.5) is 5.82 Å². The van der Waals surface area contributed by atoms with E-state index in [1.165, 1.54) is 0 Å². The van der Waals surface area contributed by atoms with Crippen molar-refractivity contribution in [3.05, 3.63) is 47.0 Å². The SMILES string of the molecule is CS(=O)(=O)c1cnc(=O)n(-c2ccccc2)c1N. The van der Waals surface area contributed by atoms with E-state index in [4.69, 9.17) is 5.73 Å². The number of anilines is 1. The minimum Gasteiger partial charge on any atom is -0.384 e. The highest BCUT2D eigenvalue weighted by atomic mass is 32.2. The van der Waals surface area contributed by atoms with E-state index in [-0.39, 0.29) is 10.7 Å². The van der Waals surface area contributed by atoms with Crippen LogP contribution in [0, 0.1) is 0 Å². The van der Waals surface area contributed by atoms with Crippen molar-refractivity contribution in [3.63, 3.8) is 0 Å². The Balaban J connectivity index is 2.81. The zero-order valence-corrected chi connectivity index (χ0v) is 10.4. The van der Waals surface area contributed by atoms with Gasteiger partial charge in [0.05, 0.1) is 11.9 Å². The Hall–Kier alpha value is -2.15. The second-order valence-corrected chi connectivity index (χ2v) is 5.72. The van der Waals surface area contributed by atoms with Crippen molar-refractivity contribution in [2.75, 3.05) is 12.0 Å². The largest absolute Gasteiger partial charge is 0.384 e. The lowest BCUT2D eigenvalue weighted by molar-refractivity contribution is 0.600. The molecule has 2 rings (SSSR count). The Bertz CT molecular complexity index is 736. The molecule has 7 heteroatoms. The smallest absolute Gasteiger partial charge is 0.353 e. The van der Waals surface area contributed by atoms with Crippen molar-refractivity contribution in [3.8, 4) is 5.69 Å². The van der Waals surface area contributed by atoms with E-state index >= 15 is 0 Å². The molecule has 0 radical (unpaired) electrons. The van der Waals surface area contributed by atoms with Crippen LogP contribution in [0.15, 0.2) is 46.2 Å². The Labute approximate surface area is 104 Å². The van der Waals surface area contributed by atoms with Gasteiger partial charge >= 0.3 is 5.69 Å². The van der Waals surface area contributed by atoms with Crippen molar-refractivity contribution >= 4 is 15.7 Å². The van der Waals surface area contributed by atoms with E-state index in [1.807, 2.05) is 0 Å². The lowest BCUT2D eigenvalue weighted by atomic mass is 10.3. The number of rotatable bonds is 2. The lowest BCUT2D eigenvalue weighted by Crippen LogP contribution is -2.25. The van der Waals surface area contributed by atoms with Crippen LogP contribution in [0.5, 0.6) is 0 Å². The van der Waals surface area contributed by atoms with Crippen LogP contribution in [-0.2, 0) is 9.84 Å². The molecule has 0 amide bonds. The fraction of sp³-hybridized carbons (Fsp3) is 0.0909. The number of hydrogen-bond donors (Lipinski definition) is 1. The first-order valence-corrected chi connectivity index (χ1v) is 6.93. The maximum absolute atomic E-state index is 11.7. The molecule has 0 aliphatic carbocycles. The maximum Gasteiger partial charge on any atom is 0.353 e. The van der Waals surface area contributed by atoms with Gasteiger partial charge in [-0.1, -0.05) is 18.2 Å². The van der Waals surface area contributed by atoms with E-state index in [9.17, 15) is 13.2 Å². The second kappa shape index (κ2) is 4.26. The topological polar surface area (TPSA) is 95.0 Å². The molecule has 0 spiro atoms. The standard InChI is InChI=1S/C11H11N3O3S/c1-18(16,17)9-7-13-11(15)14(10(9)12)8-5-3-2-4-6-8/h2-7H,12H2,1H3. The van der Waals surface area contributed by atoms with Gasteiger partial charge in [-0.05, 0) is 12.1 Å². The molecule has 0 atom stereocenters. The summed E-state index contributed by atoms with van der Waals surface area (Å²) >= 11 is 0. The van der Waals surface area contributed by atoms with E-state index in [0.717, 1.165) is 17.0 Å². The predicted molar refractivity (Wildman–Crippen MR) is 67.4 cm³/mol. The van der Waals surface area contributed by atoms with Crippen molar-refractivity contribution < 1.29 is 8.42 Å². The summed E-state index contributed by atoms with van der Waals surface area (Å²) in [5.74, 6) is -0.135. The highest BCUT2D eigenvalue weighted by Gasteiger charge is 2.17. The molecule has 2 N–H and O–H groups in total. The van der Waals surface area contributed by atoms with Gasteiger partial charge in [-0.25, -0.2) is 17.8 Å². The average molecular weight is 265 g/mol. The highest BCUT2D eigenvalue weighted by molar-refractivity contribution is 7.90. The number of nitrogens with zero attached hydrogens (tertiary/aromatic N) is 2. The molecule has 1 heterocycles. The number of nitrogen functional groups attached to an aromatic ring is 1. The minimum absolute atomic E-state index is 0.135. The van der Waals surface area contributed by atoms with Crippen LogP contribution in [0.25, 0.3) is 5.69 Å². The third kappa shape index (κ3) is 2.12. The minimum atomic E-state index is -3.53. The first-order chi connectivity index (χ1) is 8.41. The van der Waals surface area contributed by atoms with Gasteiger partial charge in [-0.3, -0.25) is 0 Å². The van der Waals surface area contributed by atoms with E-state index in [2.05, 4.69) is 4.98 Å². The van der Waals surface area contributed by atoms with Crippen molar-refractivity contribution in [1.82, 2.24) is 9.55 Å². The van der Waals surface area contributed by atoms with Crippen LogP contribution in [-0.4, -0.2) is 24.2 Å². The zero-order chi connectivity index (χ0) is 13.3. The maximum atomic E-state index is 11.7. The second-order valence-electron chi connectivity index (χ2n) is 3.73. The molecule has 0 saturated heterocycles. The van der Waals surface area contributed by atoms with Crippen LogP contribution in [0.1, 0.15) is 0 Å². The van der Waals surface area contributed by atoms with Crippen molar-refractivity contribution in [1.29, 1.82) is 0 Å². The summed E-state index contributed by atoms with van der Waals surface area (Å²) in [6.45, 7) is 0. The zero-order valence-electron chi connectivity index (χ0n) is 9.57. The number of para-hydroxylation sites is 1. The van der Waals surface area contributed by atoms with Crippen LogP contribution in [0.3, 0.4) is 0 Å². The first-order valence-electron chi connectivity index (χ1n) is 5.04. The molecule has 6 nitrogen and oxygen atoms in total. The molecule has 0 saturated carbocycles. The van der Waals surface area contributed by atoms with E-state index in [1.54, 1.807) is 30.3 Å². The van der Waals surface area contributed by atoms with Gasteiger partial charge in [-0.2, -0.15) is 4.98 Å². The van der Waals surface area contributed by atoms with Gasteiger partial charge < -0.3 is 5.73 Å². The number of aromatic nitrogens is 2. The Morgan fingerprint density at radius 2 is 1.83 bits per heavy atom. The predicted octanol–water partition coefficient (Wildman–Crippen LogP) is 0.218. The van der Waals surface area contributed by atoms with Crippen molar-refractivity contribution in [2.24, 2.45) is 0 Å². The molecule has 1 aromatic heterocycles. The monoisotopic (exact) mass is 265 g/mol. The number of nitrogens with two attached hydrogens (primary N) is 1. The molecule has 0 fully saturated rings. The quantitative estimate of drug-likeness (QED) is 0.838. The number of sulfone groups is 1. The molecular weight excluding hydrogens is 254 g/mol. The molecule has 0 bridgehead atoms. The lowest BCUT2D eigenvalue weighted by Gasteiger charge is -2.11. The molecule has 0 unspecified atom stereocenters. The van der Waals surface area contributed by atoms with Gasteiger partial charge in [0, 0.05) is 6.26 Å². The summed E-state index contributed by atoms with van der Waals surface area (Å²) in [6.07, 6.45) is 1.99. The Kier molecular flexibility index (Phi) is 2.92. The normalized spacial score (nSPS) is 11.4. The third-order valence-electron chi connectivity index (χ3n) is 2.39. The van der Waals surface area contributed by atoms with Gasteiger partial charge in [-0.15, -0.1) is 0 Å². The number of benzene rings is 1. The molecule has 0 aliphatic rings. The van der Waals surface area contributed by atoms with Gasteiger partial charge in [0.2, 0.25) is 0 Å². The Morgan fingerprint density at radius 3 is 2.39 bits per heavy atom. The summed E-state index contributed by atoms with van der Waals surface area (Å²) < 4.78 is 24.1. The van der Waals surface area contributed by atoms with E-state index < -0.39 is 15.5 Å². The van der Waals surface area contributed by atoms with Gasteiger partial charge in [0.15, 0.2) is 9.84 Å². The molecule has 94 valence electrons. The molecule has 0 aliphatic heterocycles. The first kappa shape index (κ1) is 12.3. The molecule has 2 aromatic rings. The average Bonchev–Trinajstić information content (AvgIpc) is 2.28. The molecular formula is C11H11N3O3S. The fourth-order valence-corrected chi connectivity index (χ4v) is 2.28. The third-order valence-corrected chi connectivity index (χ3v) is 3.50. The van der Waals surface area contributed by atoms with Gasteiger partial charge in [0.1, 0.15) is 10.7 Å². The highest BCUT2D eigenvalue weighted by Crippen LogP contribution is 2.18. The molecule has 1 aromatic carbocycles. The van der Waals surface area contributed by atoms with Crippen molar-refractivity contribution in [2.45, 2.75) is 4.90 Å². The summed E-state index contributed by atoms with van der Waals surface area (Å²) in [6, 6.07) is 8.50. The summed E-state index contributed by atoms with van der Waals surface area (Å²) in [5, 5.41) is 0. The van der Waals surface area contributed by atoms with Crippen LogP contribution >= 0.6 is 0 Å². The number of hydrogen-bond acceptors (Lipinski definition) is 5. The Morgan fingerprint density at radius 1 is 1.22 bits per heavy atom. The van der Waals surface area contributed by atoms with Crippen LogP contribution < -0.4 is 11.4 Å². The van der Waals surface area contributed by atoms with Gasteiger partial charge in [0.25, 0.3) is 0 Å².